The van der Waals surface area contributed by atoms with E-state index in [1.165, 1.54) is 31.4 Å². The van der Waals surface area contributed by atoms with Crippen molar-refractivity contribution in [2.45, 2.75) is 124 Å². The van der Waals surface area contributed by atoms with Crippen LogP contribution in [0, 0.1) is 16.7 Å². The van der Waals surface area contributed by atoms with Gasteiger partial charge in [0.05, 0.1) is 39.5 Å². The van der Waals surface area contributed by atoms with Gasteiger partial charge in [0, 0.05) is 54.5 Å². The van der Waals surface area contributed by atoms with Crippen LogP contribution in [0.3, 0.4) is 0 Å². The highest BCUT2D eigenvalue weighted by Gasteiger charge is 2.58. The first-order valence-corrected chi connectivity index (χ1v) is 21.6. The molecule has 2 spiro atoms. The summed E-state index contributed by atoms with van der Waals surface area (Å²) < 4.78 is 68.4. The molecule has 0 amide bonds. The Morgan fingerprint density at radius 3 is 2.38 bits per heavy atom. The normalized spacial score (nSPS) is 29.0. The number of ether oxygens (including phenoxy) is 3. The Kier molecular flexibility index (Phi) is 8.93. The van der Waals surface area contributed by atoms with E-state index in [0.717, 1.165) is 59.8 Å². The lowest BCUT2D eigenvalue weighted by molar-refractivity contribution is -0.137. The maximum atomic E-state index is 13.9. The minimum absolute atomic E-state index is 0.00511. The van der Waals surface area contributed by atoms with Gasteiger partial charge < -0.3 is 18.6 Å². The number of nitrogens with zero attached hydrogens (tertiary/aromatic N) is 2. The van der Waals surface area contributed by atoms with Crippen molar-refractivity contribution in [1.82, 2.24) is 4.98 Å². The summed E-state index contributed by atoms with van der Waals surface area (Å²) in [4.78, 5) is 5.63. The summed E-state index contributed by atoms with van der Waals surface area (Å²) in [5.41, 5.74) is 4.04. The summed E-state index contributed by atoms with van der Waals surface area (Å²) in [5.74, 6) is 0.135. The van der Waals surface area contributed by atoms with Gasteiger partial charge in [0.2, 0.25) is 0 Å². The van der Waals surface area contributed by atoms with Crippen LogP contribution in [0.1, 0.15) is 129 Å². The fraction of sp³-hybridized carbons (Fsp3) is 0.676. The van der Waals surface area contributed by atoms with Crippen molar-refractivity contribution >= 4 is 30.9 Å². The second-order valence-electron chi connectivity index (χ2n) is 16.2. The van der Waals surface area contributed by atoms with E-state index < -0.39 is 37.3 Å². The molecule has 1 aromatic heterocycles. The monoisotopic (exact) mass is 794 g/mol. The van der Waals surface area contributed by atoms with Gasteiger partial charge >= 0.3 is 6.18 Å². The minimum atomic E-state index is -4.63. The first-order valence-electron chi connectivity index (χ1n) is 17.4. The Balaban J connectivity index is 1.50. The molecule has 2 aromatic rings. The van der Waals surface area contributed by atoms with Crippen molar-refractivity contribution in [3.8, 4) is 6.07 Å². The van der Waals surface area contributed by atoms with E-state index >= 15 is 0 Å². The average molecular weight is 795 g/mol. The van der Waals surface area contributed by atoms with Gasteiger partial charge in [0.25, 0.3) is 0 Å². The van der Waals surface area contributed by atoms with E-state index in [-0.39, 0.29) is 26.4 Å². The van der Waals surface area contributed by atoms with Gasteiger partial charge in [-0.15, -0.1) is 0 Å². The van der Waals surface area contributed by atoms with Gasteiger partial charge in [-0.25, -0.2) is 0 Å². The number of hydrogen-bond acceptors (Lipinski definition) is 6. The lowest BCUT2D eigenvalue weighted by atomic mass is 9.58. The van der Waals surface area contributed by atoms with Gasteiger partial charge in [-0.2, -0.15) is 18.4 Å². The number of alkyl halides is 4. The maximum Gasteiger partial charge on any atom is 0.417 e. The van der Waals surface area contributed by atoms with E-state index in [2.05, 4.69) is 56.5 Å². The third kappa shape index (κ3) is 5.78. The lowest BCUT2D eigenvalue weighted by Gasteiger charge is -2.51. The standard InChI is InChI=1S/C37H46F3IN2O4Si/c1-34(2,3)48(4,5)47-27-19-35(11-6-12-35)18-26-29(27)31-30(32(43-26)22-9-14-44-15-10-22)33(46-36(31)13-16-45-21-28(36)41)23-7-8-25(37(38,39)40)24(17-23)20-42/h7-8,17,22,27-28,33H,6,9-16,18-19,21H2,1-5H3/t27?,28?,33-,36?/m1/s1. The van der Waals surface area contributed by atoms with Crippen LogP contribution in [0.25, 0.3) is 0 Å². The molecule has 7 rings (SSSR count). The van der Waals surface area contributed by atoms with Crippen molar-refractivity contribution in [3.05, 3.63) is 63.0 Å². The number of aromatic nitrogens is 1. The summed E-state index contributed by atoms with van der Waals surface area (Å²) in [6.45, 7) is 13.7. The van der Waals surface area contributed by atoms with Crippen LogP contribution >= 0.6 is 22.6 Å². The first kappa shape index (κ1) is 34.9. The van der Waals surface area contributed by atoms with Crippen LogP contribution < -0.4 is 0 Å². The molecule has 2 aliphatic carbocycles. The molecule has 6 nitrogen and oxygen atoms in total. The molecule has 5 aliphatic rings. The Hall–Kier alpha value is -1.56. The van der Waals surface area contributed by atoms with Crippen molar-refractivity contribution in [2.75, 3.05) is 26.4 Å². The van der Waals surface area contributed by atoms with Crippen LogP contribution in [0.4, 0.5) is 13.2 Å². The Bertz CT molecular complexity index is 1630. The predicted molar refractivity (Wildman–Crippen MR) is 187 cm³/mol. The average Bonchev–Trinajstić information content (AvgIpc) is 3.35. The van der Waals surface area contributed by atoms with Crippen LogP contribution in [0.15, 0.2) is 18.2 Å². The Labute approximate surface area is 296 Å². The lowest BCUT2D eigenvalue weighted by Crippen LogP contribution is -2.48. The van der Waals surface area contributed by atoms with Gasteiger partial charge in [-0.05, 0) is 79.8 Å². The van der Waals surface area contributed by atoms with Crippen LogP contribution in [-0.2, 0) is 36.8 Å². The second-order valence-corrected chi connectivity index (χ2v) is 22.5. The van der Waals surface area contributed by atoms with Gasteiger partial charge in [0.15, 0.2) is 8.32 Å². The quantitative estimate of drug-likeness (QED) is 0.175. The molecule has 1 saturated carbocycles. The highest BCUT2D eigenvalue weighted by atomic mass is 127. The molecule has 0 bridgehead atoms. The number of pyridine rings is 1. The topological polar surface area (TPSA) is 73.6 Å². The van der Waals surface area contributed by atoms with Crippen molar-refractivity contribution in [3.63, 3.8) is 0 Å². The Morgan fingerprint density at radius 2 is 1.77 bits per heavy atom. The summed E-state index contributed by atoms with van der Waals surface area (Å²) >= 11 is 2.46. The molecule has 11 heteroatoms. The zero-order chi connectivity index (χ0) is 34.3. The third-order valence-electron chi connectivity index (χ3n) is 12.3. The van der Waals surface area contributed by atoms with E-state index in [1.807, 2.05) is 6.07 Å². The smallest absolute Gasteiger partial charge is 0.410 e. The molecule has 0 N–H and O–H groups in total. The van der Waals surface area contributed by atoms with E-state index in [1.54, 1.807) is 0 Å². The van der Waals surface area contributed by atoms with Crippen LogP contribution in [0.2, 0.25) is 18.1 Å². The molecule has 4 heterocycles. The SMILES string of the molecule is CC(C)(C)[Si](C)(C)OC1CC2(CCC2)Cc2nc(C3CCOCC3)c3c(c21)C1(CCOCC1I)O[C@@H]3c1ccc(C(F)(F)F)c(C#N)c1. The first-order chi connectivity index (χ1) is 22.6. The van der Waals surface area contributed by atoms with Gasteiger partial charge in [0.1, 0.15) is 11.7 Å². The number of halogens is 4. The van der Waals surface area contributed by atoms with Crippen molar-refractivity contribution < 1.29 is 31.8 Å². The molecule has 2 saturated heterocycles. The second kappa shape index (κ2) is 12.3. The minimum Gasteiger partial charge on any atom is -0.410 e. The molecule has 1 aromatic carbocycles. The molecule has 3 unspecified atom stereocenters. The number of rotatable bonds is 4. The van der Waals surface area contributed by atoms with E-state index in [0.29, 0.717) is 38.4 Å². The van der Waals surface area contributed by atoms with Crippen molar-refractivity contribution in [1.29, 1.82) is 5.26 Å². The molecule has 48 heavy (non-hydrogen) atoms. The van der Waals surface area contributed by atoms with Crippen LogP contribution in [0.5, 0.6) is 0 Å². The Morgan fingerprint density at radius 1 is 1.04 bits per heavy atom. The number of hydrogen-bond donors (Lipinski definition) is 0. The molecule has 3 aliphatic heterocycles. The maximum absolute atomic E-state index is 13.9. The van der Waals surface area contributed by atoms with Gasteiger partial charge in [-0.3, -0.25) is 4.98 Å². The molecule has 3 fully saturated rings. The highest BCUT2D eigenvalue weighted by Crippen LogP contribution is 2.62. The largest absolute Gasteiger partial charge is 0.417 e. The van der Waals surface area contributed by atoms with Gasteiger partial charge in [-0.1, -0.05) is 55.8 Å². The fourth-order valence-electron chi connectivity index (χ4n) is 8.53. The zero-order valence-corrected chi connectivity index (χ0v) is 31.7. The highest BCUT2D eigenvalue weighted by molar-refractivity contribution is 14.1. The van der Waals surface area contributed by atoms with E-state index in [9.17, 15) is 18.4 Å². The molecular formula is C37H46F3IN2O4Si. The molecule has 4 atom stereocenters. The summed E-state index contributed by atoms with van der Waals surface area (Å²) in [6, 6.07) is 5.75. The third-order valence-corrected chi connectivity index (χ3v) is 18.2. The number of benzene rings is 1. The zero-order valence-electron chi connectivity index (χ0n) is 28.6. The number of fused-ring (bicyclic) bond motifs is 4. The molecule has 0 radical (unpaired) electrons. The summed E-state index contributed by atoms with van der Waals surface area (Å²) in [7, 11) is -2.24. The van der Waals surface area contributed by atoms with Crippen LogP contribution in [-0.4, -0.2) is 43.7 Å². The number of nitriles is 1. The summed E-state index contributed by atoms with van der Waals surface area (Å²) in [5, 5.41) is 9.89. The molecular weight excluding hydrogens is 748 g/mol. The van der Waals surface area contributed by atoms with Crippen molar-refractivity contribution in [2.24, 2.45) is 5.41 Å². The van der Waals surface area contributed by atoms with E-state index in [4.69, 9.17) is 23.6 Å². The molecule has 260 valence electrons. The fourth-order valence-corrected chi connectivity index (χ4v) is 10.8. The summed E-state index contributed by atoms with van der Waals surface area (Å²) in [6.07, 6.45) is 2.23. The predicted octanol–water partition coefficient (Wildman–Crippen LogP) is 9.58.